The summed E-state index contributed by atoms with van der Waals surface area (Å²) in [6, 6.07) is 8.70. The van der Waals surface area contributed by atoms with Crippen LogP contribution in [0.3, 0.4) is 0 Å². The number of aromatic nitrogens is 3. The molecule has 6 nitrogen and oxygen atoms in total. The van der Waals surface area contributed by atoms with E-state index < -0.39 is 0 Å². The second-order valence-corrected chi connectivity index (χ2v) is 5.63. The van der Waals surface area contributed by atoms with Crippen LogP contribution in [0.2, 0.25) is 0 Å². The molecule has 108 valence electrons. The predicted octanol–water partition coefficient (Wildman–Crippen LogP) is 2.11. The Morgan fingerprint density at radius 1 is 1.09 bits per heavy atom. The van der Waals surface area contributed by atoms with Crippen molar-refractivity contribution in [3.05, 3.63) is 57.5 Å². The zero-order chi connectivity index (χ0) is 15.3. The van der Waals surface area contributed by atoms with E-state index in [1.165, 1.54) is 16.0 Å². The maximum Gasteiger partial charge on any atom is 0.226 e. The molecule has 0 radical (unpaired) electrons. The summed E-state index contributed by atoms with van der Waals surface area (Å²) in [6.45, 7) is 0. The third-order valence-corrected chi connectivity index (χ3v) is 4.45. The number of ether oxygens (including phenoxy) is 1. The number of hydrogen-bond donors (Lipinski definition) is 0. The molecule has 1 aliphatic rings. The van der Waals surface area contributed by atoms with Gasteiger partial charge in [0, 0.05) is 5.56 Å². The van der Waals surface area contributed by atoms with E-state index in [1.807, 2.05) is 0 Å². The average Bonchev–Trinajstić information content (AvgIpc) is 3.20. The van der Waals surface area contributed by atoms with Crippen LogP contribution in [0.25, 0.3) is 5.69 Å². The van der Waals surface area contributed by atoms with E-state index in [4.69, 9.17) is 4.74 Å². The Morgan fingerprint density at radius 2 is 1.86 bits per heavy atom. The largest absolute Gasteiger partial charge is 0.497 e. The summed E-state index contributed by atoms with van der Waals surface area (Å²) < 4.78 is 6.51. The highest BCUT2D eigenvalue weighted by atomic mass is 32.1. The minimum Gasteiger partial charge on any atom is -0.497 e. The van der Waals surface area contributed by atoms with Gasteiger partial charge in [0.05, 0.1) is 17.7 Å². The lowest BCUT2D eigenvalue weighted by atomic mass is 9.97. The molecule has 4 rings (SSSR count). The van der Waals surface area contributed by atoms with Crippen LogP contribution in [0.4, 0.5) is 0 Å². The molecular formula is C15H9N3O3S. The fourth-order valence-electron chi connectivity index (χ4n) is 2.44. The Balaban J connectivity index is 1.89. The summed E-state index contributed by atoms with van der Waals surface area (Å²) in [7, 11) is 1.58. The third-order valence-electron chi connectivity index (χ3n) is 3.53. The monoisotopic (exact) mass is 311 g/mol. The molecule has 3 aromatic rings. The number of carbonyl (C=O) groups excluding carboxylic acids is 2. The van der Waals surface area contributed by atoms with E-state index in [0.717, 1.165) is 0 Å². The number of hydrogen-bond acceptors (Lipinski definition) is 6. The lowest BCUT2D eigenvalue weighted by Crippen LogP contribution is -2.21. The van der Waals surface area contributed by atoms with Crippen LogP contribution in [0.15, 0.2) is 35.7 Å². The molecule has 0 aliphatic heterocycles. The van der Waals surface area contributed by atoms with Gasteiger partial charge in [-0.1, -0.05) is 5.21 Å². The second-order valence-electron chi connectivity index (χ2n) is 4.72. The van der Waals surface area contributed by atoms with Crippen LogP contribution >= 0.6 is 11.3 Å². The van der Waals surface area contributed by atoms with Gasteiger partial charge >= 0.3 is 0 Å². The summed E-state index contributed by atoms with van der Waals surface area (Å²) in [4.78, 5) is 25.4. The van der Waals surface area contributed by atoms with E-state index in [9.17, 15) is 9.59 Å². The molecule has 0 fully saturated rings. The SMILES string of the molecule is COc1ccc(-n2nnc3c2C(=O)c2ccsc2C3=O)cc1. The van der Waals surface area contributed by atoms with Crippen LogP contribution < -0.4 is 4.74 Å². The van der Waals surface area contributed by atoms with Crippen molar-refractivity contribution < 1.29 is 14.3 Å². The van der Waals surface area contributed by atoms with Gasteiger partial charge in [0.1, 0.15) is 11.4 Å². The van der Waals surface area contributed by atoms with Crippen molar-refractivity contribution in [1.29, 1.82) is 0 Å². The van der Waals surface area contributed by atoms with Gasteiger partial charge in [0.2, 0.25) is 11.6 Å². The van der Waals surface area contributed by atoms with E-state index in [0.29, 0.717) is 21.9 Å². The summed E-state index contributed by atoms with van der Waals surface area (Å²) in [5.41, 5.74) is 1.38. The van der Waals surface area contributed by atoms with Crippen molar-refractivity contribution in [2.45, 2.75) is 0 Å². The lowest BCUT2D eigenvalue weighted by Gasteiger charge is -2.11. The predicted molar refractivity (Wildman–Crippen MR) is 79.1 cm³/mol. The van der Waals surface area contributed by atoms with Crippen molar-refractivity contribution in [1.82, 2.24) is 15.0 Å². The first-order chi connectivity index (χ1) is 10.7. The van der Waals surface area contributed by atoms with Crippen LogP contribution in [0, 0.1) is 0 Å². The van der Waals surface area contributed by atoms with Gasteiger partial charge in [0.15, 0.2) is 5.69 Å². The molecule has 2 heterocycles. The number of rotatable bonds is 2. The normalized spacial score (nSPS) is 13.0. The summed E-state index contributed by atoms with van der Waals surface area (Å²) >= 11 is 1.25. The Labute approximate surface area is 129 Å². The number of benzene rings is 1. The van der Waals surface area contributed by atoms with Gasteiger partial charge < -0.3 is 4.74 Å². The maximum atomic E-state index is 12.6. The number of nitrogens with zero attached hydrogens (tertiary/aromatic N) is 3. The topological polar surface area (TPSA) is 74.1 Å². The summed E-state index contributed by atoms with van der Waals surface area (Å²) in [6.07, 6.45) is 0. The molecule has 0 saturated carbocycles. The van der Waals surface area contributed by atoms with Crippen molar-refractivity contribution in [2.75, 3.05) is 7.11 Å². The first kappa shape index (κ1) is 12.9. The molecule has 0 spiro atoms. The minimum atomic E-state index is -0.251. The smallest absolute Gasteiger partial charge is 0.226 e. The molecular weight excluding hydrogens is 302 g/mol. The zero-order valence-electron chi connectivity index (χ0n) is 11.4. The van der Waals surface area contributed by atoms with E-state index in [1.54, 1.807) is 42.8 Å². The lowest BCUT2D eigenvalue weighted by molar-refractivity contribution is 0.0976. The van der Waals surface area contributed by atoms with Gasteiger partial charge in [-0.05, 0) is 35.7 Å². The standard InChI is InChI=1S/C15H9N3O3S/c1-21-9-4-2-8(3-5-9)18-12-11(16-17-18)14(20)15-10(13(12)19)6-7-22-15/h2-7H,1H3. The number of carbonyl (C=O) groups is 2. The van der Waals surface area contributed by atoms with Crippen LogP contribution in [-0.2, 0) is 0 Å². The van der Waals surface area contributed by atoms with E-state index >= 15 is 0 Å². The molecule has 0 bridgehead atoms. The third kappa shape index (κ3) is 1.66. The quantitative estimate of drug-likeness (QED) is 0.567. The molecule has 7 heteroatoms. The number of ketones is 2. The Kier molecular flexibility index (Phi) is 2.70. The Bertz CT molecular complexity index is 909. The minimum absolute atomic E-state index is 0.107. The average molecular weight is 311 g/mol. The zero-order valence-corrected chi connectivity index (χ0v) is 12.3. The maximum absolute atomic E-state index is 12.6. The highest BCUT2D eigenvalue weighted by Gasteiger charge is 2.36. The van der Waals surface area contributed by atoms with Crippen LogP contribution in [0.1, 0.15) is 31.4 Å². The highest BCUT2D eigenvalue weighted by Crippen LogP contribution is 2.30. The van der Waals surface area contributed by atoms with Gasteiger partial charge in [-0.2, -0.15) is 0 Å². The van der Waals surface area contributed by atoms with Crippen molar-refractivity contribution >= 4 is 22.9 Å². The summed E-state index contributed by atoms with van der Waals surface area (Å²) in [5.74, 6) is 0.214. The molecule has 0 N–H and O–H groups in total. The molecule has 0 saturated heterocycles. The summed E-state index contributed by atoms with van der Waals surface area (Å²) in [5, 5.41) is 9.61. The van der Waals surface area contributed by atoms with E-state index in [2.05, 4.69) is 10.3 Å². The fraction of sp³-hybridized carbons (Fsp3) is 0.0667. The molecule has 0 amide bonds. The van der Waals surface area contributed by atoms with Crippen LogP contribution in [0.5, 0.6) is 5.75 Å². The molecule has 2 aromatic heterocycles. The van der Waals surface area contributed by atoms with Crippen molar-refractivity contribution in [2.24, 2.45) is 0 Å². The first-order valence-electron chi connectivity index (χ1n) is 6.47. The van der Waals surface area contributed by atoms with Gasteiger partial charge in [-0.15, -0.1) is 16.4 Å². The molecule has 0 atom stereocenters. The fourth-order valence-corrected chi connectivity index (χ4v) is 3.27. The molecule has 22 heavy (non-hydrogen) atoms. The van der Waals surface area contributed by atoms with E-state index in [-0.39, 0.29) is 23.0 Å². The Hall–Kier alpha value is -2.80. The molecule has 1 aromatic carbocycles. The van der Waals surface area contributed by atoms with Crippen molar-refractivity contribution in [3.63, 3.8) is 0 Å². The molecule has 0 unspecified atom stereocenters. The number of thiophene rings is 1. The second kappa shape index (κ2) is 4.60. The Morgan fingerprint density at radius 3 is 2.59 bits per heavy atom. The first-order valence-corrected chi connectivity index (χ1v) is 7.35. The van der Waals surface area contributed by atoms with Gasteiger partial charge in [-0.25, -0.2) is 4.68 Å². The number of fused-ring (bicyclic) bond motifs is 2. The van der Waals surface area contributed by atoms with Crippen molar-refractivity contribution in [3.8, 4) is 11.4 Å². The van der Waals surface area contributed by atoms with Gasteiger partial charge in [-0.3, -0.25) is 9.59 Å². The van der Waals surface area contributed by atoms with Crippen LogP contribution in [-0.4, -0.2) is 33.7 Å². The number of methoxy groups -OCH3 is 1. The highest BCUT2D eigenvalue weighted by molar-refractivity contribution is 7.12. The van der Waals surface area contributed by atoms with Gasteiger partial charge in [0.25, 0.3) is 0 Å². The molecule has 1 aliphatic carbocycles.